The van der Waals surface area contributed by atoms with E-state index in [1.807, 2.05) is 12.1 Å². The first-order chi connectivity index (χ1) is 9.22. The van der Waals surface area contributed by atoms with Crippen molar-refractivity contribution in [2.75, 3.05) is 17.7 Å². The molecule has 19 heavy (non-hydrogen) atoms. The minimum absolute atomic E-state index is 0.0267. The highest BCUT2D eigenvalue weighted by molar-refractivity contribution is 6.00. The van der Waals surface area contributed by atoms with Gasteiger partial charge in [-0.25, -0.2) is 0 Å². The third kappa shape index (κ3) is 2.67. The molecule has 0 bridgehead atoms. The number of rotatable bonds is 3. The molecule has 3 N–H and O–H groups in total. The average Bonchev–Trinajstić information content (AvgIpc) is 2.76. The van der Waals surface area contributed by atoms with Gasteiger partial charge >= 0.3 is 0 Å². The third-order valence-corrected chi connectivity index (χ3v) is 4.06. The molecular weight excluding hydrogens is 240 g/mol. The number of nitrogens with two attached hydrogens (primary N) is 1. The summed E-state index contributed by atoms with van der Waals surface area (Å²) in [5.41, 5.74) is 8.43. The number of amides is 1. The number of fused-ring (bicyclic) bond motifs is 1. The first-order valence-corrected chi connectivity index (χ1v) is 7.07. The van der Waals surface area contributed by atoms with Gasteiger partial charge in [0.2, 0.25) is 5.91 Å². The van der Waals surface area contributed by atoms with Crippen molar-refractivity contribution in [1.29, 1.82) is 0 Å². The van der Waals surface area contributed by atoms with E-state index in [0.717, 1.165) is 17.9 Å². The molecule has 0 radical (unpaired) electrons. The quantitative estimate of drug-likeness (QED) is 0.821. The highest BCUT2D eigenvalue weighted by atomic mass is 16.5. The molecule has 1 aromatic carbocycles. The highest BCUT2D eigenvalue weighted by Crippen LogP contribution is 2.34. The summed E-state index contributed by atoms with van der Waals surface area (Å²) in [4.78, 5) is 11.3. The van der Waals surface area contributed by atoms with E-state index in [1.54, 1.807) is 0 Å². The van der Waals surface area contributed by atoms with E-state index in [-0.39, 0.29) is 5.91 Å². The van der Waals surface area contributed by atoms with E-state index in [1.165, 1.54) is 32.1 Å². The minimum atomic E-state index is 0.0267. The largest absolute Gasteiger partial charge is 0.491 e. The Morgan fingerprint density at radius 2 is 2.05 bits per heavy atom. The summed E-state index contributed by atoms with van der Waals surface area (Å²) in [6.45, 7) is 0.733. The number of carbonyl (C=O) groups is 1. The van der Waals surface area contributed by atoms with Crippen LogP contribution < -0.4 is 15.8 Å². The molecule has 0 spiro atoms. The number of hydrogen-bond donors (Lipinski definition) is 2. The SMILES string of the molecule is Nc1cc2c(cc1OCC1CCCCC1)NC(=O)C2. The molecule has 102 valence electrons. The Morgan fingerprint density at radius 3 is 2.84 bits per heavy atom. The molecule has 4 heteroatoms. The Hall–Kier alpha value is -1.71. The van der Waals surface area contributed by atoms with E-state index in [9.17, 15) is 4.79 Å². The molecule has 1 amide bonds. The van der Waals surface area contributed by atoms with Crippen molar-refractivity contribution >= 4 is 17.3 Å². The summed E-state index contributed by atoms with van der Waals surface area (Å²) in [6, 6.07) is 3.71. The topological polar surface area (TPSA) is 64.3 Å². The van der Waals surface area contributed by atoms with Crippen molar-refractivity contribution in [3.63, 3.8) is 0 Å². The van der Waals surface area contributed by atoms with Crippen LogP contribution in [0.1, 0.15) is 37.7 Å². The van der Waals surface area contributed by atoms with E-state index < -0.39 is 0 Å². The van der Waals surface area contributed by atoms with Gasteiger partial charge in [0.15, 0.2) is 0 Å². The number of nitrogens with one attached hydrogen (secondary N) is 1. The van der Waals surface area contributed by atoms with Crippen LogP contribution in [0.2, 0.25) is 0 Å². The number of anilines is 2. The van der Waals surface area contributed by atoms with Gasteiger partial charge in [0, 0.05) is 11.8 Å². The van der Waals surface area contributed by atoms with Gasteiger partial charge in [0.1, 0.15) is 5.75 Å². The van der Waals surface area contributed by atoms with Gasteiger partial charge in [-0.1, -0.05) is 19.3 Å². The molecule has 0 saturated heterocycles. The van der Waals surface area contributed by atoms with Gasteiger partial charge in [-0.05, 0) is 30.4 Å². The normalized spacial score (nSPS) is 19.1. The van der Waals surface area contributed by atoms with Crippen molar-refractivity contribution in [2.45, 2.75) is 38.5 Å². The van der Waals surface area contributed by atoms with Gasteiger partial charge in [0.05, 0.1) is 18.7 Å². The summed E-state index contributed by atoms with van der Waals surface area (Å²) in [5.74, 6) is 1.38. The molecule has 0 unspecified atom stereocenters. The summed E-state index contributed by atoms with van der Waals surface area (Å²) < 4.78 is 5.86. The van der Waals surface area contributed by atoms with Crippen LogP contribution in [0.5, 0.6) is 5.75 Å². The van der Waals surface area contributed by atoms with Gasteiger partial charge in [0.25, 0.3) is 0 Å². The predicted molar refractivity (Wildman–Crippen MR) is 75.3 cm³/mol. The molecule has 2 aliphatic rings. The van der Waals surface area contributed by atoms with E-state index in [2.05, 4.69) is 5.32 Å². The standard InChI is InChI=1S/C15H20N2O2/c16-12-6-11-7-15(18)17-13(11)8-14(12)19-9-10-4-2-1-3-5-10/h6,8,10H,1-5,7,9,16H2,(H,17,18). The number of hydrogen-bond acceptors (Lipinski definition) is 3. The van der Waals surface area contributed by atoms with Crippen LogP contribution in [0.3, 0.4) is 0 Å². The maximum Gasteiger partial charge on any atom is 0.228 e. The van der Waals surface area contributed by atoms with Crippen LogP contribution in [0, 0.1) is 5.92 Å². The van der Waals surface area contributed by atoms with Crippen LogP contribution in [0.4, 0.5) is 11.4 Å². The fraction of sp³-hybridized carbons (Fsp3) is 0.533. The molecule has 1 aromatic rings. The maximum absolute atomic E-state index is 11.3. The Morgan fingerprint density at radius 1 is 1.26 bits per heavy atom. The van der Waals surface area contributed by atoms with E-state index in [0.29, 0.717) is 23.8 Å². The van der Waals surface area contributed by atoms with Gasteiger partial charge < -0.3 is 15.8 Å². The van der Waals surface area contributed by atoms with Crippen molar-refractivity contribution < 1.29 is 9.53 Å². The number of ether oxygens (including phenoxy) is 1. The molecule has 4 nitrogen and oxygen atoms in total. The lowest BCUT2D eigenvalue weighted by Gasteiger charge is -2.22. The molecule has 0 atom stereocenters. The molecule has 1 aliphatic carbocycles. The molecule has 0 aromatic heterocycles. The monoisotopic (exact) mass is 260 g/mol. The lowest BCUT2D eigenvalue weighted by atomic mass is 9.90. The Kier molecular flexibility index (Phi) is 3.32. The zero-order valence-electron chi connectivity index (χ0n) is 11.1. The first-order valence-electron chi connectivity index (χ1n) is 7.07. The van der Waals surface area contributed by atoms with Crippen molar-refractivity contribution in [2.24, 2.45) is 5.92 Å². The second-order valence-electron chi connectivity index (χ2n) is 5.59. The lowest BCUT2D eigenvalue weighted by molar-refractivity contribution is -0.115. The zero-order valence-corrected chi connectivity index (χ0v) is 11.1. The highest BCUT2D eigenvalue weighted by Gasteiger charge is 2.20. The Balaban J connectivity index is 1.67. The number of nitrogen functional groups attached to an aromatic ring is 1. The minimum Gasteiger partial charge on any atom is -0.491 e. The third-order valence-electron chi connectivity index (χ3n) is 4.06. The molecule has 3 rings (SSSR count). The summed E-state index contributed by atoms with van der Waals surface area (Å²) in [5, 5.41) is 2.83. The smallest absolute Gasteiger partial charge is 0.228 e. The second-order valence-corrected chi connectivity index (χ2v) is 5.59. The van der Waals surface area contributed by atoms with Crippen molar-refractivity contribution in [3.8, 4) is 5.75 Å². The van der Waals surface area contributed by atoms with Gasteiger partial charge in [-0.3, -0.25) is 4.79 Å². The Labute approximate surface area is 113 Å². The lowest BCUT2D eigenvalue weighted by Crippen LogP contribution is -2.15. The predicted octanol–water partition coefficient (Wildman–Crippen LogP) is 2.72. The summed E-state index contributed by atoms with van der Waals surface area (Å²) in [6.07, 6.45) is 6.89. The second kappa shape index (κ2) is 5.11. The van der Waals surface area contributed by atoms with Crippen LogP contribution in [0.15, 0.2) is 12.1 Å². The van der Waals surface area contributed by atoms with Gasteiger partial charge in [-0.15, -0.1) is 0 Å². The fourth-order valence-corrected chi connectivity index (χ4v) is 2.96. The van der Waals surface area contributed by atoms with Crippen molar-refractivity contribution in [1.82, 2.24) is 0 Å². The molecular formula is C15H20N2O2. The summed E-state index contributed by atoms with van der Waals surface area (Å²) in [7, 11) is 0. The number of carbonyl (C=O) groups excluding carboxylic acids is 1. The van der Waals surface area contributed by atoms with E-state index in [4.69, 9.17) is 10.5 Å². The van der Waals surface area contributed by atoms with Crippen LogP contribution in [-0.4, -0.2) is 12.5 Å². The molecule has 1 saturated carbocycles. The van der Waals surface area contributed by atoms with Crippen LogP contribution in [-0.2, 0) is 11.2 Å². The summed E-state index contributed by atoms with van der Waals surface area (Å²) >= 11 is 0. The Bertz CT molecular complexity index is 493. The fourth-order valence-electron chi connectivity index (χ4n) is 2.96. The molecule has 1 aliphatic heterocycles. The number of benzene rings is 1. The molecule has 1 fully saturated rings. The van der Waals surface area contributed by atoms with Gasteiger partial charge in [-0.2, -0.15) is 0 Å². The maximum atomic E-state index is 11.3. The van der Waals surface area contributed by atoms with Crippen LogP contribution in [0.25, 0.3) is 0 Å². The van der Waals surface area contributed by atoms with Crippen LogP contribution >= 0.6 is 0 Å². The van der Waals surface area contributed by atoms with E-state index >= 15 is 0 Å². The first kappa shape index (κ1) is 12.3. The van der Waals surface area contributed by atoms with Crippen molar-refractivity contribution in [3.05, 3.63) is 17.7 Å². The average molecular weight is 260 g/mol. The molecule has 1 heterocycles. The zero-order chi connectivity index (χ0) is 13.2.